The number of piperidine rings is 1. The van der Waals surface area contributed by atoms with Crippen molar-refractivity contribution in [1.82, 2.24) is 30.0 Å². The highest BCUT2D eigenvalue weighted by Crippen LogP contribution is 2.34. The Morgan fingerprint density at radius 1 is 1.15 bits per heavy atom. The highest BCUT2D eigenvalue weighted by Gasteiger charge is 2.28. The largest absolute Gasteiger partial charge is 0.496 e. The fourth-order valence-electron chi connectivity index (χ4n) is 4.87. The third kappa shape index (κ3) is 5.25. The maximum atomic E-state index is 12.7. The van der Waals surface area contributed by atoms with Gasteiger partial charge in [0.05, 0.1) is 24.1 Å². The number of hydrogen-bond donors (Lipinski definition) is 2. The van der Waals surface area contributed by atoms with Gasteiger partial charge >= 0.3 is 0 Å². The van der Waals surface area contributed by atoms with Gasteiger partial charge in [0.15, 0.2) is 5.65 Å². The van der Waals surface area contributed by atoms with Crippen LogP contribution >= 0.6 is 0 Å². The summed E-state index contributed by atoms with van der Waals surface area (Å²) in [5.74, 6) is 5.79. The minimum atomic E-state index is -0.212. The van der Waals surface area contributed by atoms with Crippen LogP contribution in [0.2, 0.25) is 0 Å². The monoisotopic (exact) mass is 523 g/mol. The lowest BCUT2D eigenvalue weighted by molar-refractivity contribution is -0.126. The van der Waals surface area contributed by atoms with E-state index in [0.717, 1.165) is 24.0 Å². The molecule has 1 atom stereocenters. The number of para-hydroxylation sites is 1. The van der Waals surface area contributed by atoms with E-state index in [9.17, 15) is 9.59 Å². The van der Waals surface area contributed by atoms with Gasteiger partial charge in [-0.2, -0.15) is 5.10 Å². The number of ether oxygens (including phenoxy) is 1. The molecule has 3 N–H and O–H groups in total. The van der Waals surface area contributed by atoms with Crippen LogP contribution in [0.5, 0.6) is 5.75 Å². The highest BCUT2D eigenvalue weighted by atomic mass is 16.5. The van der Waals surface area contributed by atoms with E-state index in [-0.39, 0.29) is 17.9 Å². The zero-order chi connectivity index (χ0) is 27.4. The van der Waals surface area contributed by atoms with Crippen LogP contribution < -0.4 is 15.8 Å². The lowest BCUT2D eigenvalue weighted by atomic mass is 10.1. The summed E-state index contributed by atoms with van der Waals surface area (Å²) < 4.78 is 7.15. The Bertz CT molecular complexity index is 1580. The number of carbonyl (C=O) groups is 2. The zero-order valence-corrected chi connectivity index (χ0v) is 21.8. The minimum absolute atomic E-state index is 0.0589. The quantitative estimate of drug-likeness (QED) is 0.372. The van der Waals surface area contributed by atoms with Gasteiger partial charge in [-0.1, -0.05) is 42.3 Å². The third-order valence-corrected chi connectivity index (χ3v) is 6.81. The molecule has 1 aliphatic rings. The number of likely N-dealkylation sites (tertiary alicyclic amines) is 1. The Kier molecular flexibility index (Phi) is 7.41. The summed E-state index contributed by atoms with van der Waals surface area (Å²) in [6.07, 6.45) is 3.13. The molecule has 1 aliphatic heterocycles. The maximum absolute atomic E-state index is 12.7. The average molecular weight is 524 g/mol. The number of rotatable bonds is 6. The number of methoxy groups -OCH3 is 1. The smallest absolute Gasteiger partial charge is 0.298 e. The Morgan fingerprint density at radius 2 is 1.95 bits per heavy atom. The summed E-state index contributed by atoms with van der Waals surface area (Å²) in [5.41, 5.74) is 9.85. The Labute approximate surface area is 226 Å². The molecule has 10 heteroatoms. The van der Waals surface area contributed by atoms with Crippen molar-refractivity contribution in [2.24, 2.45) is 0 Å². The number of carbonyl (C=O) groups excluding carboxylic acids is 2. The average Bonchev–Trinajstić information content (AvgIpc) is 3.37. The molecule has 0 spiro atoms. The molecule has 2 amide bonds. The van der Waals surface area contributed by atoms with Gasteiger partial charge in [-0.05, 0) is 43.4 Å². The zero-order valence-electron chi connectivity index (χ0n) is 21.8. The van der Waals surface area contributed by atoms with Crippen LogP contribution in [0.15, 0.2) is 54.9 Å². The van der Waals surface area contributed by atoms with Gasteiger partial charge in [0.25, 0.3) is 11.8 Å². The van der Waals surface area contributed by atoms with Crippen LogP contribution in [0, 0.1) is 11.8 Å². The Hall–Kier alpha value is -4.91. The van der Waals surface area contributed by atoms with Crippen molar-refractivity contribution in [3.8, 4) is 28.8 Å². The number of nitrogens with two attached hydrogens (primary N) is 1. The molecule has 39 heavy (non-hydrogen) atoms. The van der Waals surface area contributed by atoms with Gasteiger partial charge in [-0.15, -0.1) is 0 Å². The standard InChI is InChI=1S/C29H29N7O3/c1-3-7-24(37)35-15-6-8-21(17-35)36-28-25(27(30)32-18-33-28)26(34-36)20-13-11-19(12-14-20)16-31-29(38)22-9-4-5-10-23(22)39-2/h4-5,9-14,18,21H,6,8,15-17H2,1-2H3,(H,31,38)(H2,30,32,33). The van der Waals surface area contributed by atoms with Crippen LogP contribution in [0.3, 0.4) is 0 Å². The summed E-state index contributed by atoms with van der Waals surface area (Å²) >= 11 is 0. The summed E-state index contributed by atoms with van der Waals surface area (Å²) in [5, 5.41) is 8.53. The van der Waals surface area contributed by atoms with Crippen molar-refractivity contribution in [1.29, 1.82) is 0 Å². The summed E-state index contributed by atoms with van der Waals surface area (Å²) in [6, 6.07) is 14.8. The highest BCUT2D eigenvalue weighted by molar-refractivity contribution is 5.98. The number of nitrogen functional groups attached to an aromatic ring is 1. The second kappa shape index (κ2) is 11.2. The molecule has 0 bridgehead atoms. The van der Waals surface area contributed by atoms with Crippen molar-refractivity contribution < 1.29 is 14.3 Å². The lowest BCUT2D eigenvalue weighted by Crippen LogP contribution is -2.40. The van der Waals surface area contributed by atoms with E-state index in [1.165, 1.54) is 6.33 Å². The van der Waals surface area contributed by atoms with Crippen molar-refractivity contribution >= 4 is 28.7 Å². The molecular formula is C29H29N7O3. The number of nitrogens with one attached hydrogen (secondary N) is 1. The molecule has 3 heterocycles. The molecular weight excluding hydrogens is 494 g/mol. The van der Waals surface area contributed by atoms with Gasteiger partial charge in [-0.3, -0.25) is 9.59 Å². The van der Waals surface area contributed by atoms with Crippen LogP contribution in [-0.2, 0) is 11.3 Å². The summed E-state index contributed by atoms with van der Waals surface area (Å²) in [4.78, 5) is 35.5. The van der Waals surface area contributed by atoms with E-state index in [0.29, 0.717) is 53.5 Å². The van der Waals surface area contributed by atoms with E-state index >= 15 is 0 Å². The predicted molar refractivity (Wildman–Crippen MR) is 148 cm³/mol. The van der Waals surface area contributed by atoms with E-state index in [4.69, 9.17) is 15.6 Å². The van der Waals surface area contributed by atoms with Gasteiger partial charge in [0.1, 0.15) is 23.6 Å². The van der Waals surface area contributed by atoms with Gasteiger partial charge in [0.2, 0.25) is 0 Å². The lowest BCUT2D eigenvalue weighted by Gasteiger charge is -2.31. The molecule has 10 nitrogen and oxygen atoms in total. The number of benzene rings is 2. The molecule has 0 aliphatic carbocycles. The second-order valence-electron chi connectivity index (χ2n) is 9.25. The molecule has 2 aromatic carbocycles. The van der Waals surface area contributed by atoms with E-state index in [1.807, 2.05) is 35.0 Å². The molecule has 4 aromatic rings. The first-order valence-electron chi connectivity index (χ1n) is 12.7. The van der Waals surface area contributed by atoms with E-state index in [1.54, 1.807) is 37.1 Å². The van der Waals surface area contributed by atoms with Gasteiger partial charge in [-0.25, -0.2) is 14.6 Å². The molecule has 2 aromatic heterocycles. The van der Waals surface area contributed by atoms with Crippen molar-refractivity contribution in [3.05, 3.63) is 66.0 Å². The number of anilines is 1. The molecule has 0 radical (unpaired) electrons. The molecule has 198 valence electrons. The van der Waals surface area contributed by atoms with Crippen LogP contribution in [0.25, 0.3) is 22.3 Å². The van der Waals surface area contributed by atoms with Gasteiger partial charge in [0, 0.05) is 25.2 Å². The number of amides is 2. The minimum Gasteiger partial charge on any atom is -0.496 e. The molecule has 1 fully saturated rings. The fourth-order valence-corrected chi connectivity index (χ4v) is 4.87. The van der Waals surface area contributed by atoms with Crippen LogP contribution in [0.1, 0.15) is 41.7 Å². The topological polar surface area (TPSA) is 128 Å². The van der Waals surface area contributed by atoms with Crippen LogP contribution in [0.4, 0.5) is 5.82 Å². The first kappa shape index (κ1) is 25.7. The third-order valence-electron chi connectivity index (χ3n) is 6.81. The number of fused-ring (bicyclic) bond motifs is 1. The normalized spacial score (nSPS) is 14.9. The maximum Gasteiger partial charge on any atom is 0.298 e. The first-order valence-corrected chi connectivity index (χ1v) is 12.7. The molecule has 1 saturated heterocycles. The van der Waals surface area contributed by atoms with Crippen molar-refractivity contribution in [2.45, 2.75) is 32.4 Å². The number of nitrogens with zero attached hydrogens (tertiary/aromatic N) is 5. The number of aromatic nitrogens is 4. The van der Waals surface area contributed by atoms with E-state index in [2.05, 4.69) is 27.1 Å². The molecule has 5 rings (SSSR count). The van der Waals surface area contributed by atoms with E-state index < -0.39 is 0 Å². The Balaban J connectivity index is 1.39. The second-order valence-corrected chi connectivity index (χ2v) is 9.25. The summed E-state index contributed by atoms with van der Waals surface area (Å²) in [7, 11) is 1.54. The predicted octanol–water partition coefficient (Wildman–Crippen LogP) is 3.20. The van der Waals surface area contributed by atoms with Gasteiger partial charge < -0.3 is 20.7 Å². The molecule has 0 saturated carbocycles. The van der Waals surface area contributed by atoms with Crippen molar-refractivity contribution in [3.63, 3.8) is 0 Å². The van der Waals surface area contributed by atoms with Crippen LogP contribution in [-0.4, -0.2) is 56.7 Å². The fraction of sp³-hybridized carbons (Fsp3) is 0.276. The SMILES string of the molecule is CC#CC(=O)N1CCCC(n2nc(-c3ccc(CNC(=O)c4ccccc4OC)cc3)c3c(N)ncnc32)C1. The Morgan fingerprint density at radius 3 is 2.72 bits per heavy atom. The summed E-state index contributed by atoms with van der Waals surface area (Å²) in [6.45, 7) is 3.18. The number of hydrogen-bond acceptors (Lipinski definition) is 7. The first-order chi connectivity index (χ1) is 19.0. The molecule has 1 unspecified atom stereocenters. The van der Waals surface area contributed by atoms with Crippen molar-refractivity contribution in [2.75, 3.05) is 25.9 Å².